The second kappa shape index (κ2) is 11.3. The van der Waals surface area contributed by atoms with Gasteiger partial charge in [0.05, 0.1) is 24.9 Å². The molecule has 0 saturated carbocycles. The Balaban J connectivity index is 1.23. The van der Waals surface area contributed by atoms with Crippen LogP contribution in [0, 0.1) is 18.2 Å². The number of ether oxygens (including phenoxy) is 2. The molecule has 9 nitrogen and oxygen atoms in total. The summed E-state index contributed by atoms with van der Waals surface area (Å²) in [5.41, 5.74) is 2.73. The number of carbonyl (C=O) groups is 1. The lowest BCUT2D eigenvalue weighted by Gasteiger charge is -2.27. The number of imidazole rings is 1. The van der Waals surface area contributed by atoms with Gasteiger partial charge in [-0.3, -0.25) is 0 Å². The fourth-order valence-electron chi connectivity index (χ4n) is 4.68. The van der Waals surface area contributed by atoms with Crippen molar-refractivity contribution in [3.05, 3.63) is 112 Å². The van der Waals surface area contributed by atoms with Crippen LogP contribution in [0.5, 0.6) is 5.88 Å². The zero-order valence-electron chi connectivity index (χ0n) is 22.1. The van der Waals surface area contributed by atoms with Gasteiger partial charge in [-0.05, 0) is 42.3 Å². The van der Waals surface area contributed by atoms with Crippen molar-refractivity contribution >= 4 is 22.8 Å². The van der Waals surface area contributed by atoms with E-state index >= 15 is 4.39 Å². The lowest BCUT2D eigenvalue weighted by atomic mass is 10.1. The Labute approximate surface area is 238 Å². The van der Waals surface area contributed by atoms with Gasteiger partial charge in [-0.1, -0.05) is 30.3 Å². The van der Waals surface area contributed by atoms with E-state index in [2.05, 4.69) is 19.8 Å². The second-order valence-electron chi connectivity index (χ2n) is 9.78. The Hall–Kier alpha value is -5.21. The molecule has 1 N–H and O–H groups in total. The van der Waals surface area contributed by atoms with Gasteiger partial charge < -0.3 is 19.1 Å². The molecule has 1 aliphatic rings. The van der Waals surface area contributed by atoms with E-state index in [0.29, 0.717) is 47.0 Å². The summed E-state index contributed by atoms with van der Waals surface area (Å²) in [5, 5.41) is 9.40. The molecular weight excluding hydrogens is 544 g/mol. The van der Waals surface area contributed by atoms with Gasteiger partial charge in [0.25, 0.3) is 0 Å². The lowest BCUT2D eigenvalue weighted by molar-refractivity contribution is -0.0590. The maximum Gasteiger partial charge on any atom is 0.354 e. The number of hydrogen-bond acceptors (Lipinski definition) is 6. The number of benzene rings is 2. The molecule has 4 heterocycles. The number of carboxylic acids is 1. The molecule has 1 atom stereocenters. The molecule has 42 heavy (non-hydrogen) atoms. The molecule has 1 unspecified atom stereocenters. The van der Waals surface area contributed by atoms with Gasteiger partial charge in [0, 0.05) is 30.2 Å². The fourth-order valence-corrected chi connectivity index (χ4v) is 4.68. The Kier molecular flexibility index (Phi) is 7.29. The van der Waals surface area contributed by atoms with Crippen LogP contribution in [-0.2, 0) is 24.3 Å². The Morgan fingerprint density at radius 2 is 1.86 bits per heavy atom. The third kappa shape index (κ3) is 5.53. The maximum atomic E-state index is 15.4. The van der Waals surface area contributed by atoms with Crippen LogP contribution >= 0.6 is 0 Å². The lowest BCUT2D eigenvalue weighted by Crippen LogP contribution is -2.32. The topological polar surface area (TPSA) is 104 Å². The smallest absolute Gasteiger partial charge is 0.354 e. The normalized spacial score (nSPS) is 14.4. The average Bonchev–Trinajstić information content (AvgIpc) is 3.31. The molecule has 1 aliphatic heterocycles. The first-order valence-corrected chi connectivity index (χ1v) is 13.1. The highest BCUT2D eigenvalue weighted by atomic mass is 19.1. The first-order valence-electron chi connectivity index (χ1n) is 13.1. The van der Waals surface area contributed by atoms with E-state index in [-0.39, 0.29) is 42.0 Å². The van der Waals surface area contributed by atoms with Crippen LogP contribution in [-0.4, -0.2) is 43.3 Å². The summed E-state index contributed by atoms with van der Waals surface area (Å²) in [5.74, 6) is -1.35. The van der Waals surface area contributed by atoms with Crippen molar-refractivity contribution < 1.29 is 28.2 Å². The zero-order valence-corrected chi connectivity index (χ0v) is 22.1. The number of carboxylic acid groups (broad SMARTS) is 1. The van der Waals surface area contributed by atoms with Crippen LogP contribution in [0.15, 0.2) is 66.7 Å². The zero-order chi connectivity index (χ0) is 29.2. The summed E-state index contributed by atoms with van der Waals surface area (Å²) in [6.07, 6.45) is 0.977. The minimum Gasteiger partial charge on any atom is -0.477 e. The molecule has 2 aromatic carbocycles. The predicted octanol–water partition coefficient (Wildman–Crippen LogP) is 5.98. The standard InChI is InChI=1S/C31H23F2N5O4/c1-34-21-8-7-20(24(33)15-21)17-42-29-4-2-3-25(36-29)19-6-5-18(23(32)13-19)14-28-35-26-9-10-27(31(39)40)37-30(26)38(28)16-22-11-12-41-22/h2-10,13,15,22H,11-12,14,16-17H2,(H,39,40). The highest BCUT2D eigenvalue weighted by molar-refractivity contribution is 5.88. The quantitative estimate of drug-likeness (QED) is 0.219. The second-order valence-corrected chi connectivity index (χ2v) is 9.78. The minimum absolute atomic E-state index is 0.0427. The molecule has 6 rings (SSSR count). The Bertz CT molecular complexity index is 1860. The third-order valence-electron chi connectivity index (χ3n) is 7.03. The number of aromatic nitrogens is 4. The molecule has 0 spiro atoms. The van der Waals surface area contributed by atoms with Crippen LogP contribution < -0.4 is 4.74 Å². The van der Waals surface area contributed by atoms with Gasteiger partial charge in [0.15, 0.2) is 17.0 Å². The third-order valence-corrected chi connectivity index (χ3v) is 7.03. The molecule has 1 saturated heterocycles. The van der Waals surface area contributed by atoms with E-state index in [1.807, 2.05) is 0 Å². The Morgan fingerprint density at radius 3 is 2.57 bits per heavy atom. The summed E-state index contributed by atoms with van der Waals surface area (Å²) in [7, 11) is 0. The molecular formula is C31H23F2N5O4. The molecule has 0 amide bonds. The maximum absolute atomic E-state index is 15.4. The van der Waals surface area contributed by atoms with Gasteiger partial charge >= 0.3 is 5.97 Å². The van der Waals surface area contributed by atoms with Gasteiger partial charge in [-0.25, -0.2) is 33.4 Å². The summed E-state index contributed by atoms with van der Waals surface area (Å²) in [6, 6.07) is 17.0. The SMILES string of the molecule is [C-]#[N+]c1ccc(COc2cccc(-c3ccc(Cc4nc5ccc(C(=O)O)nc5n4CC4CCO4)c(F)c3)n2)c(F)c1. The number of pyridine rings is 2. The number of fused-ring (bicyclic) bond motifs is 1. The molecule has 1 fully saturated rings. The number of rotatable bonds is 9. The highest BCUT2D eigenvalue weighted by Gasteiger charge is 2.24. The van der Waals surface area contributed by atoms with Gasteiger partial charge in [0.1, 0.15) is 29.6 Å². The van der Waals surface area contributed by atoms with Crippen molar-refractivity contribution in [1.29, 1.82) is 0 Å². The molecule has 5 aromatic rings. The fraction of sp³-hybridized carbons (Fsp3) is 0.194. The van der Waals surface area contributed by atoms with Gasteiger partial charge in [-0.15, -0.1) is 0 Å². The minimum atomic E-state index is -1.14. The number of nitrogens with zero attached hydrogens (tertiary/aromatic N) is 5. The highest BCUT2D eigenvalue weighted by Crippen LogP contribution is 2.27. The van der Waals surface area contributed by atoms with E-state index in [1.54, 1.807) is 41.0 Å². The predicted molar refractivity (Wildman–Crippen MR) is 148 cm³/mol. The van der Waals surface area contributed by atoms with Crippen molar-refractivity contribution in [2.45, 2.75) is 32.1 Å². The summed E-state index contributed by atoms with van der Waals surface area (Å²) < 4.78 is 42.7. The molecule has 3 aromatic heterocycles. The van der Waals surface area contributed by atoms with Crippen molar-refractivity contribution in [2.24, 2.45) is 0 Å². The van der Waals surface area contributed by atoms with Crippen LogP contribution in [0.1, 0.15) is 33.9 Å². The largest absolute Gasteiger partial charge is 0.477 e. The van der Waals surface area contributed by atoms with E-state index < -0.39 is 17.6 Å². The van der Waals surface area contributed by atoms with E-state index in [1.165, 1.54) is 24.3 Å². The Morgan fingerprint density at radius 1 is 1.05 bits per heavy atom. The van der Waals surface area contributed by atoms with Crippen molar-refractivity contribution in [1.82, 2.24) is 19.5 Å². The molecule has 0 bridgehead atoms. The van der Waals surface area contributed by atoms with E-state index in [4.69, 9.17) is 16.0 Å². The van der Waals surface area contributed by atoms with Crippen molar-refractivity contribution in [2.75, 3.05) is 6.61 Å². The number of halogens is 2. The van der Waals surface area contributed by atoms with Crippen molar-refractivity contribution in [3.8, 4) is 17.1 Å². The van der Waals surface area contributed by atoms with Crippen molar-refractivity contribution in [3.63, 3.8) is 0 Å². The van der Waals surface area contributed by atoms with Crippen LogP contribution in [0.4, 0.5) is 14.5 Å². The summed E-state index contributed by atoms with van der Waals surface area (Å²) in [6.45, 7) is 8.00. The van der Waals surface area contributed by atoms with Crippen LogP contribution in [0.2, 0.25) is 0 Å². The molecule has 11 heteroatoms. The summed E-state index contributed by atoms with van der Waals surface area (Å²) >= 11 is 0. The van der Waals surface area contributed by atoms with Gasteiger partial charge in [-0.2, -0.15) is 0 Å². The average molecular weight is 568 g/mol. The van der Waals surface area contributed by atoms with Crippen LogP contribution in [0.25, 0.3) is 27.3 Å². The molecule has 210 valence electrons. The summed E-state index contributed by atoms with van der Waals surface area (Å²) in [4.78, 5) is 28.1. The first-order chi connectivity index (χ1) is 20.4. The first kappa shape index (κ1) is 27.0. The number of aromatic carboxylic acids is 1. The van der Waals surface area contributed by atoms with E-state index in [0.717, 1.165) is 12.5 Å². The van der Waals surface area contributed by atoms with Gasteiger partial charge in [0.2, 0.25) is 5.88 Å². The molecule has 0 aliphatic carbocycles. The van der Waals surface area contributed by atoms with Crippen LogP contribution in [0.3, 0.4) is 0 Å². The monoisotopic (exact) mass is 567 g/mol. The molecule has 0 radical (unpaired) electrons. The number of hydrogen-bond donors (Lipinski definition) is 1. The van der Waals surface area contributed by atoms with E-state index in [9.17, 15) is 14.3 Å².